The number of rotatable bonds is 5. The zero-order chi connectivity index (χ0) is 19.4. The van der Waals surface area contributed by atoms with Crippen LogP contribution in [0.1, 0.15) is 32.6 Å². The number of thiazole rings is 1. The third kappa shape index (κ3) is 4.91. The van der Waals surface area contributed by atoms with Gasteiger partial charge in [-0.3, -0.25) is 4.57 Å². The molecule has 142 valence electrons. The summed E-state index contributed by atoms with van der Waals surface area (Å²) in [6.45, 7) is 6.84. The normalized spacial score (nSPS) is 12.3. The number of nitrogens with zero attached hydrogens (tertiary/aromatic N) is 3. The molecule has 0 bridgehead atoms. The molecular weight excluding hydrogens is 360 g/mol. The maximum atomic E-state index is 12.6. The average molecular weight is 383 g/mol. The van der Waals surface area contributed by atoms with Gasteiger partial charge in [-0.25, -0.2) is 4.79 Å². The third-order valence-electron chi connectivity index (χ3n) is 3.63. The monoisotopic (exact) mass is 383 g/mol. The number of aromatic nitrogens is 1. The van der Waals surface area contributed by atoms with Crippen LogP contribution in [0.3, 0.4) is 0 Å². The molecule has 0 aliphatic heterocycles. The van der Waals surface area contributed by atoms with E-state index in [1.165, 1.54) is 23.5 Å². The van der Waals surface area contributed by atoms with Crippen LogP contribution in [0, 0.1) is 6.92 Å². The molecule has 2 rings (SSSR count). The molecule has 5 nitrogen and oxygen atoms in total. The first-order valence-corrected chi connectivity index (χ1v) is 9.12. The van der Waals surface area contributed by atoms with E-state index in [1.54, 1.807) is 21.6 Å². The predicted octanol–water partition coefficient (Wildman–Crippen LogP) is 4.59. The number of hydrogen-bond donors (Lipinski definition) is 0. The van der Waals surface area contributed by atoms with Crippen LogP contribution in [0.25, 0.3) is 5.69 Å². The lowest BCUT2D eigenvalue weighted by Gasteiger charge is -2.28. The zero-order valence-electron chi connectivity index (χ0n) is 15.4. The minimum Gasteiger partial charge on any atom is -0.435 e. The largest absolute Gasteiger partial charge is 0.435 e. The Balaban J connectivity index is 2.40. The van der Waals surface area contributed by atoms with Crippen molar-refractivity contribution >= 4 is 17.4 Å². The van der Waals surface area contributed by atoms with Gasteiger partial charge in [-0.1, -0.05) is 0 Å². The van der Waals surface area contributed by atoms with Crippen LogP contribution in [0.4, 0.5) is 13.6 Å². The molecule has 0 spiro atoms. The molecule has 0 N–H and O–H groups in total. The van der Waals surface area contributed by atoms with E-state index in [0.717, 1.165) is 4.88 Å². The standard InChI is InChI=1S/C18H23F2N3O2S/c1-11(2)23(12(3)4)17(24)21-18-22(10-13(5)26-18)14-6-8-15(9-7-14)25-16(19)20/h6-12,16H,1-5H3/b21-18-. The number of halogens is 2. The lowest BCUT2D eigenvalue weighted by atomic mass is 10.2. The molecule has 1 heterocycles. The highest BCUT2D eigenvalue weighted by molar-refractivity contribution is 7.09. The third-order valence-corrected chi connectivity index (χ3v) is 4.53. The fourth-order valence-electron chi connectivity index (χ4n) is 2.68. The van der Waals surface area contributed by atoms with Crippen molar-refractivity contribution in [1.82, 2.24) is 9.47 Å². The van der Waals surface area contributed by atoms with Crippen molar-refractivity contribution in [2.75, 3.05) is 0 Å². The van der Waals surface area contributed by atoms with Crippen LogP contribution in [0.5, 0.6) is 5.75 Å². The highest BCUT2D eigenvalue weighted by atomic mass is 32.1. The first-order valence-electron chi connectivity index (χ1n) is 8.30. The van der Waals surface area contributed by atoms with Crippen LogP contribution < -0.4 is 9.54 Å². The van der Waals surface area contributed by atoms with Crippen molar-refractivity contribution in [2.24, 2.45) is 4.99 Å². The molecule has 0 saturated carbocycles. The first kappa shape index (κ1) is 20.1. The molecule has 1 aromatic carbocycles. The van der Waals surface area contributed by atoms with E-state index in [4.69, 9.17) is 0 Å². The number of alkyl halides is 2. The number of urea groups is 1. The van der Waals surface area contributed by atoms with Gasteiger partial charge in [0.15, 0.2) is 4.80 Å². The van der Waals surface area contributed by atoms with Gasteiger partial charge in [0, 0.05) is 28.8 Å². The number of carbonyl (C=O) groups is 1. The predicted molar refractivity (Wildman–Crippen MR) is 98.1 cm³/mol. The topological polar surface area (TPSA) is 46.8 Å². The van der Waals surface area contributed by atoms with E-state index >= 15 is 0 Å². The smallest absolute Gasteiger partial charge is 0.387 e. The lowest BCUT2D eigenvalue weighted by molar-refractivity contribution is -0.0498. The van der Waals surface area contributed by atoms with Gasteiger partial charge in [0.2, 0.25) is 0 Å². The maximum Gasteiger partial charge on any atom is 0.387 e. The molecule has 2 aromatic rings. The van der Waals surface area contributed by atoms with Gasteiger partial charge in [-0.2, -0.15) is 13.8 Å². The molecular formula is C18H23F2N3O2S. The number of aryl methyl sites for hydroxylation is 1. The summed E-state index contributed by atoms with van der Waals surface area (Å²) in [5.74, 6) is 0.0802. The second-order valence-electron chi connectivity index (χ2n) is 6.36. The second-order valence-corrected chi connectivity index (χ2v) is 7.57. The Morgan fingerprint density at radius 3 is 2.23 bits per heavy atom. The van der Waals surface area contributed by atoms with E-state index in [1.807, 2.05) is 40.8 Å². The summed E-state index contributed by atoms with van der Waals surface area (Å²) in [7, 11) is 0. The van der Waals surface area contributed by atoms with Crippen molar-refractivity contribution in [3.63, 3.8) is 0 Å². The summed E-state index contributed by atoms with van der Waals surface area (Å²) in [5, 5.41) is 0. The van der Waals surface area contributed by atoms with Crippen LogP contribution in [-0.2, 0) is 0 Å². The summed E-state index contributed by atoms with van der Waals surface area (Å²) in [5.41, 5.74) is 0.711. The molecule has 0 fully saturated rings. The molecule has 26 heavy (non-hydrogen) atoms. The Labute approximate surface area is 155 Å². The van der Waals surface area contributed by atoms with Gasteiger partial charge in [-0.05, 0) is 58.9 Å². The Bertz CT molecular complexity index is 803. The van der Waals surface area contributed by atoms with Crippen LogP contribution >= 0.6 is 11.3 Å². The van der Waals surface area contributed by atoms with Gasteiger partial charge in [0.05, 0.1) is 0 Å². The van der Waals surface area contributed by atoms with Gasteiger partial charge >= 0.3 is 12.6 Å². The van der Waals surface area contributed by atoms with Crippen LogP contribution in [0.2, 0.25) is 0 Å². The molecule has 8 heteroatoms. The Morgan fingerprint density at radius 2 is 1.73 bits per heavy atom. The first-order chi connectivity index (χ1) is 12.2. The number of carbonyl (C=O) groups excluding carboxylic acids is 1. The molecule has 0 aliphatic carbocycles. The van der Waals surface area contributed by atoms with Gasteiger partial charge in [-0.15, -0.1) is 11.3 Å². The second kappa shape index (κ2) is 8.44. The van der Waals surface area contributed by atoms with Crippen molar-refractivity contribution < 1.29 is 18.3 Å². The van der Waals surface area contributed by atoms with Crippen LogP contribution in [0.15, 0.2) is 35.5 Å². The molecule has 0 atom stereocenters. The SMILES string of the molecule is Cc1cn(-c2ccc(OC(F)F)cc2)/c(=N/C(=O)N(C(C)C)C(C)C)s1. The summed E-state index contributed by atoms with van der Waals surface area (Å²) in [4.78, 5) is 20.1. The zero-order valence-corrected chi connectivity index (χ0v) is 16.3. The lowest BCUT2D eigenvalue weighted by Crippen LogP contribution is -2.41. The molecule has 0 saturated heterocycles. The van der Waals surface area contributed by atoms with Gasteiger partial charge in [0.1, 0.15) is 5.75 Å². The number of benzene rings is 1. The van der Waals surface area contributed by atoms with Crippen LogP contribution in [-0.4, -0.2) is 34.2 Å². The molecule has 0 aliphatic rings. The van der Waals surface area contributed by atoms with E-state index in [9.17, 15) is 13.6 Å². The highest BCUT2D eigenvalue weighted by Crippen LogP contribution is 2.18. The van der Waals surface area contributed by atoms with Crippen molar-refractivity contribution in [3.05, 3.63) is 40.1 Å². The molecule has 1 aromatic heterocycles. The number of amides is 2. The fraction of sp³-hybridized carbons (Fsp3) is 0.444. The molecule has 0 unspecified atom stereocenters. The minimum absolute atomic E-state index is 0.0338. The maximum absolute atomic E-state index is 12.6. The number of ether oxygens (including phenoxy) is 1. The average Bonchev–Trinajstić information content (AvgIpc) is 2.87. The summed E-state index contributed by atoms with van der Waals surface area (Å²) in [6.07, 6.45) is 1.86. The van der Waals surface area contributed by atoms with Crippen molar-refractivity contribution in [1.29, 1.82) is 0 Å². The van der Waals surface area contributed by atoms with Crippen molar-refractivity contribution in [2.45, 2.75) is 53.3 Å². The van der Waals surface area contributed by atoms with Gasteiger partial charge < -0.3 is 9.64 Å². The van der Waals surface area contributed by atoms with E-state index in [2.05, 4.69) is 9.73 Å². The van der Waals surface area contributed by atoms with Crippen molar-refractivity contribution in [3.8, 4) is 11.4 Å². The quantitative estimate of drug-likeness (QED) is 0.758. The molecule has 2 amide bonds. The number of hydrogen-bond acceptors (Lipinski definition) is 3. The van der Waals surface area contributed by atoms with Gasteiger partial charge in [0.25, 0.3) is 0 Å². The fourth-order valence-corrected chi connectivity index (χ4v) is 3.51. The summed E-state index contributed by atoms with van der Waals surface area (Å²) < 4.78 is 30.7. The summed E-state index contributed by atoms with van der Waals surface area (Å²) in [6, 6.07) is 5.98. The highest BCUT2D eigenvalue weighted by Gasteiger charge is 2.20. The minimum atomic E-state index is -2.86. The van der Waals surface area contributed by atoms with E-state index in [0.29, 0.717) is 10.5 Å². The summed E-state index contributed by atoms with van der Waals surface area (Å²) >= 11 is 1.39. The van der Waals surface area contributed by atoms with E-state index in [-0.39, 0.29) is 23.9 Å². The Morgan fingerprint density at radius 1 is 1.15 bits per heavy atom. The van der Waals surface area contributed by atoms with E-state index < -0.39 is 6.61 Å². The molecule has 0 radical (unpaired) electrons. The Hall–Kier alpha value is -2.22. The Kier molecular flexibility index (Phi) is 6.52.